The molecule has 9 heteroatoms. The van der Waals surface area contributed by atoms with E-state index in [2.05, 4.69) is 31.5 Å². The van der Waals surface area contributed by atoms with Gasteiger partial charge in [-0.2, -0.15) is 8.42 Å². The van der Waals surface area contributed by atoms with Crippen molar-refractivity contribution in [3.63, 3.8) is 0 Å². The second-order valence-electron chi connectivity index (χ2n) is 5.92. The fourth-order valence-electron chi connectivity index (χ4n) is 2.48. The summed E-state index contributed by atoms with van der Waals surface area (Å²) in [6.07, 6.45) is 8.09. The molecule has 1 N–H and O–H groups in total. The zero-order chi connectivity index (χ0) is 16.4. The SMILES string of the molecule is CC1CCN(c2ncc(NS(=O)(=O)c3cn(C)cn3)cn2)CC1. The second kappa shape index (κ2) is 6.15. The van der Waals surface area contributed by atoms with Crippen LogP contribution in [0.2, 0.25) is 0 Å². The zero-order valence-corrected chi connectivity index (χ0v) is 14.0. The predicted molar refractivity (Wildman–Crippen MR) is 86.7 cm³/mol. The van der Waals surface area contributed by atoms with Crippen LogP contribution in [0, 0.1) is 5.92 Å². The first-order chi connectivity index (χ1) is 10.9. The van der Waals surface area contributed by atoms with Crippen molar-refractivity contribution in [3.8, 4) is 0 Å². The molecule has 2 aromatic rings. The number of nitrogens with zero attached hydrogens (tertiary/aromatic N) is 5. The maximum atomic E-state index is 12.2. The number of hydrogen-bond acceptors (Lipinski definition) is 6. The van der Waals surface area contributed by atoms with Crippen LogP contribution in [0.5, 0.6) is 0 Å². The lowest BCUT2D eigenvalue weighted by molar-refractivity contribution is 0.434. The van der Waals surface area contributed by atoms with Gasteiger partial charge in [0.05, 0.1) is 24.4 Å². The molecule has 3 heterocycles. The summed E-state index contributed by atoms with van der Waals surface area (Å²) in [6.45, 7) is 4.11. The highest BCUT2D eigenvalue weighted by Gasteiger charge is 2.20. The molecular formula is C14H20N6O2S. The van der Waals surface area contributed by atoms with E-state index < -0.39 is 10.0 Å². The number of hydrogen-bond donors (Lipinski definition) is 1. The molecule has 1 aliphatic heterocycles. The van der Waals surface area contributed by atoms with E-state index in [1.54, 1.807) is 11.6 Å². The van der Waals surface area contributed by atoms with E-state index in [9.17, 15) is 8.42 Å². The number of rotatable bonds is 4. The van der Waals surface area contributed by atoms with Gasteiger partial charge in [-0.15, -0.1) is 0 Å². The molecule has 1 aliphatic rings. The minimum Gasteiger partial charge on any atom is -0.341 e. The molecule has 0 saturated carbocycles. The summed E-state index contributed by atoms with van der Waals surface area (Å²) in [7, 11) is -2.00. The molecular weight excluding hydrogens is 316 g/mol. The van der Waals surface area contributed by atoms with Gasteiger partial charge in [-0.05, 0) is 18.8 Å². The lowest BCUT2D eigenvalue weighted by Gasteiger charge is -2.30. The van der Waals surface area contributed by atoms with Crippen molar-refractivity contribution in [1.82, 2.24) is 19.5 Å². The fraction of sp³-hybridized carbons (Fsp3) is 0.500. The Morgan fingerprint density at radius 3 is 2.39 bits per heavy atom. The van der Waals surface area contributed by atoms with Crippen molar-refractivity contribution < 1.29 is 8.42 Å². The number of nitrogens with one attached hydrogen (secondary N) is 1. The molecule has 0 aliphatic carbocycles. The Bertz CT molecular complexity index is 763. The van der Waals surface area contributed by atoms with Crippen molar-refractivity contribution in [2.24, 2.45) is 13.0 Å². The standard InChI is InChI=1S/C14H20N6O2S/c1-11-3-5-20(6-4-11)14-15-7-12(8-16-14)18-23(21,22)13-9-19(2)10-17-13/h7-11,18H,3-6H2,1-2H3. The van der Waals surface area contributed by atoms with Crippen LogP contribution in [-0.2, 0) is 17.1 Å². The first-order valence-electron chi connectivity index (χ1n) is 7.52. The summed E-state index contributed by atoms with van der Waals surface area (Å²) in [6, 6.07) is 0. The van der Waals surface area contributed by atoms with E-state index in [0.717, 1.165) is 31.8 Å². The van der Waals surface area contributed by atoms with Crippen molar-refractivity contribution in [1.29, 1.82) is 0 Å². The van der Waals surface area contributed by atoms with E-state index in [1.165, 1.54) is 24.9 Å². The molecule has 0 bridgehead atoms. The van der Waals surface area contributed by atoms with Gasteiger partial charge in [0.15, 0.2) is 5.03 Å². The van der Waals surface area contributed by atoms with Crippen LogP contribution >= 0.6 is 0 Å². The summed E-state index contributed by atoms with van der Waals surface area (Å²) >= 11 is 0. The van der Waals surface area contributed by atoms with Gasteiger partial charge < -0.3 is 9.47 Å². The second-order valence-corrected chi connectivity index (χ2v) is 7.55. The summed E-state index contributed by atoms with van der Waals surface area (Å²) in [5.41, 5.74) is 0.324. The smallest absolute Gasteiger partial charge is 0.281 e. The van der Waals surface area contributed by atoms with Gasteiger partial charge in [0.2, 0.25) is 5.95 Å². The number of anilines is 2. The lowest BCUT2D eigenvalue weighted by atomic mass is 10.00. The molecule has 0 unspecified atom stereocenters. The zero-order valence-electron chi connectivity index (χ0n) is 13.2. The molecule has 0 radical (unpaired) electrons. The molecule has 0 atom stereocenters. The third-order valence-electron chi connectivity index (χ3n) is 3.91. The molecule has 124 valence electrons. The van der Waals surface area contributed by atoms with Gasteiger partial charge in [-0.1, -0.05) is 6.92 Å². The average Bonchev–Trinajstić information content (AvgIpc) is 2.96. The van der Waals surface area contributed by atoms with E-state index in [-0.39, 0.29) is 5.03 Å². The van der Waals surface area contributed by atoms with Gasteiger partial charge in [0.1, 0.15) is 0 Å². The van der Waals surface area contributed by atoms with E-state index in [4.69, 9.17) is 0 Å². The largest absolute Gasteiger partial charge is 0.341 e. The van der Waals surface area contributed by atoms with Crippen LogP contribution in [0.1, 0.15) is 19.8 Å². The van der Waals surface area contributed by atoms with E-state index in [0.29, 0.717) is 11.6 Å². The van der Waals surface area contributed by atoms with Crippen molar-refractivity contribution in [2.75, 3.05) is 22.7 Å². The minimum absolute atomic E-state index is 0.0332. The molecule has 0 amide bonds. The Balaban J connectivity index is 1.70. The van der Waals surface area contributed by atoms with E-state index in [1.807, 2.05) is 0 Å². The molecule has 0 spiro atoms. The summed E-state index contributed by atoms with van der Waals surface area (Å²) in [5.74, 6) is 1.37. The van der Waals surface area contributed by atoms with Gasteiger partial charge in [0, 0.05) is 26.3 Å². The molecule has 3 rings (SSSR count). The van der Waals surface area contributed by atoms with Gasteiger partial charge in [-0.3, -0.25) is 4.72 Å². The number of imidazole rings is 1. The monoisotopic (exact) mass is 336 g/mol. The molecule has 1 saturated heterocycles. The van der Waals surface area contributed by atoms with Crippen LogP contribution in [0.15, 0.2) is 29.9 Å². The van der Waals surface area contributed by atoms with Gasteiger partial charge >= 0.3 is 0 Å². The Labute approximate surface area is 135 Å². The molecule has 23 heavy (non-hydrogen) atoms. The van der Waals surface area contributed by atoms with Crippen LogP contribution in [-0.4, -0.2) is 41.0 Å². The lowest BCUT2D eigenvalue weighted by Crippen LogP contribution is -2.34. The van der Waals surface area contributed by atoms with Crippen LogP contribution in [0.4, 0.5) is 11.6 Å². The minimum atomic E-state index is -3.71. The normalized spacial score (nSPS) is 16.5. The van der Waals surface area contributed by atoms with Crippen LogP contribution in [0.3, 0.4) is 0 Å². The number of piperidine rings is 1. The predicted octanol–water partition coefficient (Wildman–Crippen LogP) is 1.25. The maximum Gasteiger partial charge on any atom is 0.281 e. The fourth-order valence-corrected chi connectivity index (χ4v) is 3.49. The van der Waals surface area contributed by atoms with E-state index >= 15 is 0 Å². The summed E-state index contributed by atoms with van der Waals surface area (Å²) in [4.78, 5) is 14.5. The highest BCUT2D eigenvalue weighted by atomic mass is 32.2. The Hall–Kier alpha value is -2.16. The van der Waals surface area contributed by atoms with Crippen molar-refractivity contribution >= 4 is 21.7 Å². The Morgan fingerprint density at radius 2 is 1.83 bits per heavy atom. The highest BCUT2D eigenvalue weighted by Crippen LogP contribution is 2.20. The number of sulfonamides is 1. The molecule has 2 aromatic heterocycles. The van der Waals surface area contributed by atoms with Crippen LogP contribution < -0.4 is 9.62 Å². The first-order valence-corrected chi connectivity index (χ1v) is 9.00. The summed E-state index contributed by atoms with van der Waals surface area (Å²) < 4.78 is 28.4. The Morgan fingerprint density at radius 1 is 1.17 bits per heavy atom. The van der Waals surface area contributed by atoms with Crippen molar-refractivity contribution in [2.45, 2.75) is 24.8 Å². The average molecular weight is 336 g/mol. The van der Waals surface area contributed by atoms with Gasteiger partial charge in [0.25, 0.3) is 10.0 Å². The molecule has 0 aromatic carbocycles. The Kier molecular flexibility index (Phi) is 4.20. The first kappa shape index (κ1) is 15.7. The number of aromatic nitrogens is 4. The molecule has 8 nitrogen and oxygen atoms in total. The highest BCUT2D eigenvalue weighted by molar-refractivity contribution is 7.92. The number of aryl methyl sites for hydroxylation is 1. The molecule has 1 fully saturated rings. The third-order valence-corrected chi connectivity index (χ3v) is 5.18. The third kappa shape index (κ3) is 3.61. The van der Waals surface area contributed by atoms with Gasteiger partial charge in [-0.25, -0.2) is 15.0 Å². The van der Waals surface area contributed by atoms with Crippen molar-refractivity contribution in [3.05, 3.63) is 24.9 Å². The quantitative estimate of drug-likeness (QED) is 0.903. The topological polar surface area (TPSA) is 93.0 Å². The summed E-state index contributed by atoms with van der Waals surface area (Å²) in [5, 5.41) is -0.0332. The maximum absolute atomic E-state index is 12.2. The van der Waals surface area contributed by atoms with Crippen LogP contribution in [0.25, 0.3) is 0 Å².